The van der Waals surface area contributed by atoms with Gasteiger partial charge in [-0.25, -0.2) is 8.42 Å². The van der Waals surface area contributed by atoms with Gasteiger partial charge >= 0.3 is 6.18 Å². The SMILES string of the molecule is CS(=O)(=O)N1CCc2c(cccc2NC(=O)Cc2cccc(C(F)(F)F)c2)C1. The fourth-order valence-corrected chi connectivity index (χ4v) is 4.02. The van der Waals surface area contributed by atoms with Gasteiger partial charge in [0.15, 0.2) is 0 Å². The van der Waals surface area contributed by atoms with Crippen molar-refractivity contribution in [3.63, 3.8) is 0 Å². The number of hydrogen-bond acceptors (Lipinski definition) is 3. The molecule has 0 bridgehead atoms. The number of nitrogens with zero attached hydrogens (tertiary/aromatic N) is 1. The standard InChI is InChI=1S/C19H19F3N2O3S/c1-28(26,27)24-9-8-16-14(12-24)5-3-7-17(16)23-18(25)11-13-4-2-6-15(10-13)19(20,21)22/h2-7,10H,8-9,11-12H2,1H3,(H,23,25). The van der Waals surface area contributed by atoms with Crippen molar-refractivity contribution in [1.82, 2.24) is 4.31 Å². The maximum Gasteiger partial charge on any atom is 0.416 e. The first-order chi connectivity index (χ1) is 13.0. The van der Waals surface area contributed by atoms with E-state index in [4.69, 9.17) is 0 Å². The van der Waals surface area contributed by atoms with Crippen LogP contribution in [0, 0.1) is 0 Å². The zero-order valence-corrected chi connectivity index (χ0v) is 15.9. The molecule has 0 atom stereocenters. The lowest BCUT2D eigenvalue weighted by Crippen LogP contribution is -2.35. The van der Waals surface area contributed by atoms with E-state index in [2.05, 4.69) is 5.32 Å². The highest BCUT2D eigenvalue weighted by molar-refractivity contribution is 7.88. The zero-order valence-electron chi connectivity index (χ0n) is 15.1. The maximum atomic E-state index is 12.8. The van der Waals surface area contributed by atoms with Gasteiger partial charge in [0.1, 0.15) is 0 Å². The molecule has 1 aliphatic rings. The van der Waals surface area contributed by atoms with Crippen molar-refractivity contribution in [2.45, 2.75) is 25.6 Å². The molecule has 9 heteroatoms. The molecule has 0 saturated heterocycles. The second-order valence-electron chi connectivity index (χ2n) is 6.71. The highest BCUT2D eigenvalue weighted by Gasteiger charge is 2.30. The number of carbonyl (C=O) groups is 1. The average Bonchev–Trinajstić information content (AvgIpc) is 2.60. The predicted molar refractivity (Wildman–Crippen MR) is 99.2 cm³/mol. The molecule has 1 N–H and O–H groups in total. The van der Waals surface area contributed by atoms with Crippen LogP contribution in [0.5, 0.6) is 0 Å². The molecule has 150 valence electrons. The highest BCUT2D eigenvalue weighted by atomic mass is 32.2. The smallest absolute Gasteiger partial charge is 0.326 e. The van der Waals surface area contributed by atoms with E-state index < -0.39 is 27.7 Å². The van der Waals surface area contributed by atoms with E-state index in [1.807, 2.05) is 0 Å². The van der Waals surface area contributed by atoms with Crippen molar-refractivity contribution < 1.29 is 26.4 Å². The van der Waals surface area contributed by atoms with Gasteiger partial charge in [-0.05, 0) is 35.2 Å². The summed E-state index contributed by atoms with van der Waals surface area (Å²) in [6, 6.07) is 9.89. The molecule has 2 aromatic rings. The minimum absolute atomic E-state index is 0.191. The summed E-state index contributed by atoms with van der Waals surface area (Å²) in [5.74, 6) is -0.432. The van der Waals surface area contributed by atoms with Crippen molar-refractivity contribution in [3.8, 4) is 0 Å². The molecular weight excluding hydrogens is 393 g/mol. The van der Waals surface area contributed by atoms with Crippen molar-refractivity contribution in [1.29, 1.82) is 0 Å². The first-order valence-corrected chi connectivity index (χ1v) is 10.4. The molecule has 28 heavy (non-hydrogen) atoms. The third-order valence-corrected chi connectivity index (χ3v) is 5.84. The van der Waals surface area contributed by atoms with Crippen LogP contribution in [-0.2, 0) is 40.4 Å². The summed E-state index contributed by atoms with van der Waals surface area (Å²) in [4.78, 5) is 12.4. The van der Waals surface area contributed by atoms with Gasteiger partial charge in [-0.15, -0.1) is 0 Å². The van der Waals surface area contributed by atoms with Crippen molar-refractivity contribution >= 4 is 21.6 Å². The average molecular weight is 412 g/mol. The second-order valence-corrected chi connectivity index (χ2v) is 8.70. The Labute approximate surface area is 161 Å². The number of alkyl halides is 3. The van der Waals surface area contributed by atoms with Crippen LogP contribution < -0.4 is 5.32 Å². The summed E-state index contributed by atoms with van der Waals surface area (Å²) in [6.07, 6.45) is -3.05. The highest BCUT2D eigenvalue weighted by Crippen LogP contribution is 2.30. The first-order valence-electron chi connectivity index (χ1n) is 8.56. The Morgan fingerprint density at radius 3 is 2.57 bits per heavy atom. The lowest BCUT2D eigenvalue weighted by Gasteiger charge is -2.28. The molecule has 0 fully saturated rings. The van der Waals surface area contributed by atoms with E-state index in [1.54, 1.807) is 18.2 Å². The molecule has 2 aromatic carbocycles. The van der Waals surface area contributed by atoms with Gasteiger partial charge < -0.3 is 5.32 Å². The molecule has 1 aliphatic heterocycles. The van der Waals surface area contributed by atoms with Crippen LogP contribution in [0.25, 0.3) is 0 Å². The Balaban J connectivity index is 1.74. The van der Waals surface area contributed by atoms with Gasteiger partial charge in [-0.2, -0.15) is 17.5 Å². The van der Waals surface area contributed by atoms with Crippen LogP contribution in [0.1, 0.15) is 22.3 Å². The van der Waals surface area contributed by atoms with Crippen LogP contribution in [0.15, 0.2) is 42.5 Å². The molecule has 0 aromatic heterocycles. The van der Waals surface area contributed by atoms with E-state index in [9.17, 15) is 26.4 Å². The summed E-state index contributed by atoms with van der Waals surface area (Å²) < 4.78 is 63.3. The van der Waals surface area contributed by atoms with Gasteiger partial charge in [0.25, 0.3) is 0 Å². The number of amides is 1. The number of nitrogens with one attached hydrogen (secondary N) is 1. The third kappa shape index (κ3) is 4.71. The van der Waals surface area contributed by atoms with Gasteiger partial charge in [-0.3, -0.25) is 4.79 Å². The minimum Gasteiger partial charge on any atom is -0.326 e. The number of rotatable bonds is 4. The molecule has 0 aliphatic carbocycles. The van der Waals surface area contributed by atoms with E-state index in [-0.39, 0.29) is 18.5 Å². The maximum absolute atomic E-state index is 12.8. The van der Waals surface area contributed by atoms with Crippen molar-refractivity contribution in [2.24, 2.45) is 0 Å². The lowest BCUT2D eigenvalue weighted by atomic mass is 9.99. The quantitative estimate of drug-likeness (QED) is 0.839. The van der Waals surface area contributed by atoms with Crippen LogP contribution in [0.2, 0.25) is 0 Å². The number of fused-ring (bicyclic) bond motifs is 1. The van der Waals surface area contributed by atoms with Gasteiger partial charge in [0.05, 0.1) is 18.2 Å². The van der Waals surface area contributed by atoms with E-state index in [0.717, 1.165) is 29.5 Å². The normalized spacial score (nSPS) is 15.1. The summed E-state index contributed by atoms with van der Waals surface area (Å²) in [6.45, 7) is 0.540. The monoisotopic (exact) mass is 412 g/mol. The Hall–Kier alpha value is -2.39. The number of carbonyl (C=O) groups excluding carboxylic acids is 1. The molecule has 0 saturated carbocycles. The van der Waals surface area contributed by atoms with Crippen LogP contribution in [0.3, 0.4) is 0 Å². The number of hydrogen-bond donors (Lipinski definition) is 1. The number of halogens is 3. The third-order valence-electron chi connectivity index (χ3n) is 4.59. The van der Waals surface area contributed by atoms with Crippen LogP contribution in [0.4, 0.5) is 18.9 Å². The Morgan fingerprint density at radius 2 is 1.89 bits per heavy atom. The zero-order chi connectivity index (χ0) is 20.5. The lowest BCUT2D eigenvalue weighted by molar-refractivity contribution is -0.137. The summed E-state index contributed by atoms with van der Waals surface area (Å²) >= 11 is 0. The van der Waals surface area contributed by atoms with Gasteiger partial charge in [0, 0.05) is 18.8 Å². The largest absolute Gasteiger partial charge is 0.416 e. The molecule has 5 nitrogen and oxygen atoms in total. The number of anilines is 1. The molecular formula is C19H19F3N2O3S. The van der Waals surface area contributed by atoms with Crippen LogP contribution >= 0.6 is 0 Å². The van der Waals surface area contributed by atoms with E-state index in [0.29, 0.717) is 18.7 Å². The summed E-state index contributed by atoms with van der Waals surface area (Å²) in [7, 11) is -3.31. The molecule has 3 rings (SSSR count). The number of sulfonamides is 1. The Bertz CT molecular complexity index is 1000. The van der Waals surface area contributed by atoms with Crippen molar-refractivity contribution in [2.75, 3.05) is 18.1 Å². The van der Waals surface area contributed by atoms with Crippen LogP contribution in [-0.4, -0.2) is 31.4 Å². The Kier molecular flexibility index (Phi) is 5.49. The van der Waals surface area contributed by atoms with Crippen molar-refractivity contribution in [3.05, 3.63) is 64.7 Å². The molecule has 0 unspecified atom stereocenters. The minimum atomic E-state index is -4.46. The molecule has 0 radical (unpaired) electrons. The summed E-state index contributed by atoms with van der Waals surface area (Å²) in [5.41, 5.74) is 1.67. The molecule has 1 amide bonds. The topological polar surface area (TPSA) is 66.5 Å². The van der Waals surface area contributed by atoms with Gasteiger partial charge in [0.2, 0.25) is 15.9 Å². The Morgan fingerprint density at radius 1 is 1.18 bits per heavy atom. The van der Waals surface area contributed by atoms with E-state index in [1.165, 1.54) is 16.4 Å². The fourth-order valence-electron chi connectivity index (χ4n) is 3.22. The second kappa shape index (κ2) is 7.56. The first kappa shape index (κ1) is 20.3. The predicted octanol–water partition coefficient (Wildman–Crippen LogP) is 3.20. The number of benzene rings is 2. The summed E-state index contributed by atoms with van der Waals surface area (Å²) in [5, 5.41) is 2.74. The fraction of sp³-hybridized carbons (Fsp3) is 0.316. The van der Waals surface area contributed by atoms with Gasteiger partial charge in [-0.1, -0.05) is 30.3 Å². The van der Waals surface area contributed by atoms with E-state index >= 15 is 0 Å². The molecule has 1 heterocycles. The molecule has 0 spiro atoms.